The maximum Gasteiger partial charge on any atom is 0.339 e. The van der Waals surface area contributed by atoms with Crippen molar-refractivity contribution >= 4 is 17.6 Å². The standard InChI is InChI=1S/C25H28N2O5/c1-5-32-25(29)22-16-23(18-6-10-20(30-3)11-7-18)27(17(22)2)15-14-24(28)26-19-8-12-21(31-4)13-9-19/h6-13,16H,5,14-15H2,1-4H3,(H,26,28). The van der Waals surface area contributed by atoms with Gasteiger partial charge >= 0.3 is 5.97 Å². The molecule has 1 aromatic heterocycles. The molecule has 0 aliphatic heterocycles. The number of aromatic nitrogens is 1. The van der Waals surface area contributed by atoms with E-state index in [0.29, 0.717) is 24.4 Å². The summed E-state index contributed by atoms with van der Waals surface area (Å²) in [7, 11) is 3.21. The molecule has 0 aliphatic carbocycles. The Morgan fingerprint density at radius 1 is 0.938 bits per heavy atom. The minimum absolute atomic E-state index is 0.123. The Bertz CT molecular complexity index is 1070. The highest BCUT2D eigenvalue weighted by Crippen LogP contribution is 2.28. The first-order chi connectivity index (χ1) is 15.5. The maximum atomic E-state index is 12.6. The van der Waals surface area contributed by atoms with Gasteiger partial charge in [-0.1, -0.05) is 0 Å². The number of anilines is 1. The van der Waals surface area contributed by atoms with Crippen LogP contribution in [0, 0.1) is 6.92 Å². The van der Waals surface area contributed by atoms with Crippen LogP contribution in [0.25, 0.3) is 11.3 Å². The summed E-state index contributed by atoms with van der Waals surface area (Å²) in [4.78, 5) is 25.0. The summed E-state index contributed by atoms with van der Waals surface area (Å²) in [6, 6.07) is 16.6. The average Bonchev–Trinajstić information content (AvgIpc) is 3.14. The fourth-order valence-corrected chi connectivity index (χ4v) is 3.46. The monoisotopic (exact) mass is 436 g/mol. The Morgan fingerprint density at radius 3 is 2.09 bits per heavy atom. The molecule has 1 heterocycles. The van der Waals surface area contributed by atoms with Crippen molar-refractivity contribution in [2.75, 3.05) is 26.1 Å². The Morgan fingerprint density at radius 2 is 1.53 bits per heavy atom. The van der Waals surface area contributed by atoms with E-state index < -0.39 is 0 Å². The van der Waals surface area contributed by atoms with Crippen molar-refractivity contribution < 1.29 is 23.8 Å². The zero-order valence-corrected chi connectivity index (χ0v) is 18.8. The minimum atomic E-state index is -0.374. The lowest BCUT2D eigenvalue weighted by Gasteiger charge is -2.13. The van der Waals surface area contributed by atoms with Gasteiger partial charge in [-0.05, 0) is 74.0 Å². The Labute approximate surface area is 187 Å². The molecule has 0 saturated carbocycles. The predicted molar refractivity (Wildman–Crippen MR) is 123 cm³/mol. The van der Waals surface area contributed by atoms with Crippen molar-refractivity contribution in [2.45, 2.75) is 26.8 Å². The van der Waals surface area contributed by atoms with E-state index in [9.17, 15) is 9.59 Å². The number of hydrogen-bond donors (Lipinski definition) is 1. The van der Waals surface area contributed by atoms with E-state index >= 15 is 0 Å². The lowest BCUT2D eigenvalue weighted by molar-refractivity contribution is -0.116. The van der Waals surface area contributed by atoms with Gasteiger partial charge in [0.15, 0.2) is 0 Å². The third kappa shape index (κ3) is 5.29. The van der Waals surface area contributed by atoms with Crippen LogP contribution in [0.4, 0.5) is 5.69 Å². The lowest BCUT2D eigenvalue weighted by atomic mass is 10.1. The van der Waals surface area contributed by atoms with Crippen LogP contribution in [0.5, 0.6) is 11.5 Å². The lowest BCUT2D eigenvalue weighted by Crippen LogP contribution is -2.16. The van der Waals surface area contributed by atoms with Gasteiger partial charge in [-0.3, -0.25) is 4.79 Å². The van der Waals surface area contributed by atoms with Gasteiger partial charge in [0, 0.05) is 30.0 Å². The highest BCUT2D eigenvalue weighted by Gasteiger charge is 2.20. The zero-order valence-electron chi connectivity index (χ0n) is 18.8. The first-order valence-corrected chi connectivity index (χ1v) is 10.4. The number of nitrogens with one attached hydrogen (secondary N) is 1. The molecule has 0 saturated heterocycles. The fraction of sp³-hybridized carbons (Fsp3) is 0.280. The van der Waals surface area contributed by atoms with E-state index in [2.05, 4.69) is 5.32 Å². The highest BCUT2D eigenvalue weighted by molar-refractivity contribution is 5.93. The summed E-state index contributed by atoms with van der Waals surface area (Å²) in [6.45, 7) is 4.35. The summed E-state index contributed by atoms with van der Waals surface area (Å²) in [6.07, 6.45) is 0.243. The van der Waals surface area contributed by atoms with Crippen molar-refractivity contribution in [3.63, 3.8) is 0 Å². The summed E-state index contributed by atoms with van der Waals surface area (Å²) < 4.78 is 17.6. The molecule has 0 unspecified atom stereocenters. The van der Waals surface area contributed by atoms with Gasteiger partial charge in [0.25, 0.3) is 0 Å². The molecule has 3 rings (SSSR count). The average molecular weight is 437 g/mol. The Hall–Kier alpha value is -3.74. The molecule has 1 amide bonds. The maximum absolute atomic E-state index is 12.6. The molecule has 0 fully saturated rings. The number of rotatable bonds is 9. The van der Waals surface area contributed by atoms with E-state index in [-0.39, 0.29) is 18.3 Å². The number of esters is 1. The van der Waals surface area contributed by atoms with Crippen LogP contribution in [-0.2, 0) is 16.1 Å². The van der Waals surface area contributed by atoms with Crippen molar-refractivity contribution in [2.24, 2.45) is 0 Å². The molecule has 32 heavy (non-hydrogen) atoms. The van der Waals surface area contributed by atoms with Gasteiger partial charge in [0.05, 0.1) is 26.4 Å². The smallest absolute Gasteiger partial charge is 0.339 e. The molecule has 168 valence electrons. The molecule has 0 aliphatic rings. The van der Waals surface area contributed by atoms with Crippen LogP contribution in [0.1, 0.15) is 29.4 Å². The normalized spacial score (nSPS) is 10.5. The van der Waals surface area contributed by atoms with Crippen LogP contribution in [0.3, 0.4) is 0 Å². The quantitative estimate of drug-likeness (QED) is 0.493. The van der Waals surface area contributed by atoms with Crippen LogP contribution < -0.4 is 14.8 Å². The number of nitrogens with zero attached hydrogens (tertiary/aromatic N) is 1. The number of carbonyl (C=O) groups is 2. The van der Waals surface area contributed by atoms with Crippen LogP contribution >= 0.6 is 0 Å². The second-order valence-electron chi connectivity index (χ2n) is 7.16. The Balaban J connectivity index is 1.82. The molecule has 3 aromatic rings. The van der Waals surface area contributed by atoms with Gasteiger partial charge in [0.2, 0.25) is 5.91 Å². The van der Waals surface area contributed by atoms with E-state index in [1.54, 1.807) is 45.4 Å². The molecule has 1 N–H and O–H groups in total. The summed E-state index contributed by atoms with van der Waals surface area (Å²) >= 11 is 0. The number of methoxy groups -OCH3 is 2. The van der Waals surface area contributed by atoms with Crippen LogP contribution in [-0.4, -0.2) is 37.3 Å². The fourth-order valence-electron chi connectivity index (χ4n) is 3.46. The minimum Gasteiger partial charge on any atom is -0.497 e. The molecule has 2 aromatic carbocycles. The van der Waals surface area contributed by atoms with Crippen molar-refractivity contribution in [1.29, 1.82) is 0 Å². The molecule has 0 atom stereocenters. The van der Waals surface area contributed by atoms with Gasteiger partial charge in [-0.15, -0.1) is 0 Å². The first-order valence-electron chi connectivity index (χ1n) is 10.4. The van der Waals surface area contributed by atoms with Crippen LogP contribution in [0.15, 0.2) is 54.6 Å². The molecule has 0 bridgehead atoms. The molecular weight excluding hydrogens is 408 g/mol. The number of hydrogen-bond acceptors (Lipinski definition) is 5. The number of amides is 1. The second kappa shape index (κ2) is 10.5. The second-order valence-corrected chi connectivity index (χ2v) is 7.16. The summed E-state index contributed by atoms with van der Waals surface area (Å²) in [5.41, 5.74) is 3.70. The SMILES string of the molecule is CCOC(=O)c1cc(-c2ccc(OC)cc2)n(CCC(=O)Nc2ccc(OC)cc2)c1C. The van der Waals surface area contributed by atoms with E-state index in [0.717, 1.165) is 28.5 Å². The van der Waals surface area contributed by atoms with Crippen molar-refractivity contribution in [3.05, 3.63) is 65.9 Å². The summed E-state index contributed by atoms with van der Waals surface area (Å²) in [5.74, 6) is 0.970. The summed E-state index contributed by atoms with van der Waals surface area (Å²) in [5, 5.41) is 2.89. The first kappa shape index (κ1) is 22.9. The van der Waals surface area contributed by atoms with Gasteiger partial charge < -0.3 is 24.1 Å². The van der Waals surface area contributed by atoms with E-state index in [1.165, 1.54) is 0 Å². The third-order valence-electron chi connectivity index (χ3n) is 5.18. The number of benzene rings is 2. The highest BCUT2D eigenvalue weighted by atomic mass is 16.5. The molecule has 0 spiro atoms. The van der Waals surface area contributed by atoms with Gasteiger partial charge in [-0.2, -0.15) is 0 Å². The largest absolute Gasteiger partial charge is 0.497 e. The molecular formula is C25H28N2O5. The number of ether oxygens (including phenoxy) is 3. The number of carbonyl (C=O) groups excluding carboxylic acids is 2. The van der Waals surface area contributed by atoms with Gasteiger partial charge in [0.1, 0.15) is 11.5 Å². The third-order valence-corrected chi connectivity index (χ3v) is 5.18. The predicted octanol–water partition coefficient (Wildman–Crippen LogP) is 4.69. The van der Waals surface area contributed by atoms with Crippen molar-refractivity contribution in [1.82, 2.24) is 4.57 Å². The van der Waals surface area contributed by atoms with Crippen molar-refractivity contribution in [3.8, 4) is 22.8 Å². The Kier molecular flexibility index (Phi) is 7.54. The van der Waals surface area contributed by atoms with E-state index in [4.69, 9.17) is 14.2 Å². The zero-order chi connectivity index (χ0) is 23.1. The molecule has 0 radical (unpaired) electrons. The van der Waals surface area contributed by atoms with Gasteiger partial charge in [-0.25, -0.2) is 4.79 Å². The van der Waals surface area contributed by atoms with Crippen LogP contribution in [0.2, 0.25) is 0 Å². The van der Waals surface area contributed by atoms with E-state index in [1.807, 2.05) is 41.8 Å². The molecule has 7 heteroatoms. The topological polar surface area (TPSA) is 78.8 Å². The molecule has 7 nitrogen and oxygen atoms in total.